The zero-order valence-electron chi connectivity index (χ0n) is 8.69. The van der Waals surface area contributed by atoms with Crippen LogP contribution in [-0.2, 0) is 17.6 Å². The van der Waals surface area contributed by atoms with E-state index in [0.717, 1.165) is 6.42 Å². The maximum absolute atomic E-state index is 5.38. The van der Waals surface area contributed by atoms with E-state index in [2.05, 4.69) is 17.1 Å². The number of aromatic nitrogens is 2. The third-order valence-corrected chi connectivity index (χ3v) is 1.85. The smallest absolute Gasteiger partial charge is 0.226 e. The molecule has 0 radical (unpaired) electrons. The monoisotopic (exact) mass is 199 g/mol. The summed E-state index contributed by atoms with van der Waals surface area (Å²) in [5, 5.41) is 3.81. The van der Waals surface area contributed by atoms with Gasteiger partial charge in [-0.1, -0.05) is 12.1 Å². The van der Waals surface area contributed by atoms with E-state index in [1.807, 2.05) is 0 Å². The normalized spacial score (nSPS) is 13.1. The number of rotatable bonds is 6. The molecule has 0 saturated heterocycles. The molecule has 14 heavy (non-hydrogen) atoms. The third-order valence-electron chi connectivity index (χ3n) is 1.85. The van der Waals surface area contributed by atoms with Gasteiger partial charge < -0.3 is 15.0 Å². The van der Waals surface area contributed by atoms with Crippen molar-refractivity contribution in [2.24, 2.45) is 11.7 Å². The number of methoxy groups -OCH3 is 1. The average molecular weight is 199 g/mol. The van der Waals surface area contributed by atoms with Crippen molar-refractivity contribution in [2.75, 3.05) is 20.3 Å². The van der Waals surface area contributed by atoms with Crippen LogP contribution in [0, 0.1) is 5.92 Å². The topological polar surface area (TPSA) is 74.2 Å². The molecule has 0 aliphatic rings. The van der Waals surface area contributed by atoms with Crippen LogP contribution in [0.3, 0.4) is 0 Å². The summed E-state index contributed by atoms with van der Waals surface area (Å²) in [5.41, 5.74) is 5.38. The molecule has 0 aliphatic carbocycles. The fraction of sp³-hybridized carbons (Fsp3) is 0.778. The lowest BCUT2D eigenvalue weighted by molar-refractivity contribution is 0.155. The first-order chi connectivity index (χ1) is 6.76. The van der Waals surface area contributed by atoms with Gasteiger partial charge in [-0.15, -0.1) is 0 Å². The molecule has 0 fully saturated rings. The molecule has 0 spiro atoms. The summed E-state index contributed by atoms with van der Waals surface area (Å²) in [6.07, 6.45) is 1.42. The highest BCUT2D eigenvalue weighted by Crippen LogP contribution is 2.06. The molecule has 80 valence electrons. The number of ether oxygens (including phenoxy) is 1. The van der Waals surface area contributed by atoms with Crippen LogP contribution in [0.5, 0.6) is 0 Å². The Labute approximate surface area is 83.6 Å². The molecular weight excluding hydrogens is 182 g/mol. The van der Waals surface area contributed by atoms with Crippen molar-refractivity contribution in [3.05, 3.63) is 11.7 Å². The highest BCUT2D eigenvalue weighted by atomic mass is 16.5. The Kier molecular flexibility index (Phi) is 4.55. The first kappa shape index (κ1) is 11.1. The second-order valence-corrected chi connectivity index (χ2v) is 3.41. The SMILES string of the molecule is COCC(C)Cc1nc(CCN)no1. The standard InChI is InChI=1S/C9H17N3O2/c1-7(6-13-2)5-9-11-8(3-4-10)12-14-9/h7H,3-6,10H2,1-2H3. The van der Waals surface area contributed by atoms with Gasteiger partial charge in [-0.05, 0) is 12.5 Å². The summed E-state index contributed by atoms with van der Waals surface area (Å²) < 4.78 is 10.1. The van der Waals surface area contributed by atoms with Crippen molar-refractivity contribution >= 4 is 0 Å². The van der Waals surface area contributed by atoms with E-state index in [1.165, 1.54) is 0 Å². The largest absolute Gasteiger partial charge is 0.384 e. The van der Waals surface area contributed by atoms with Crippen LogP contribution < -0.4 is 5.73 Å². The first-order valence-electron chi connectivity index (χ1n) is 4.76. The highest BCUT2D eigenvalue weighted by molar-refractivity contribution is 4.87. The van der Waals surface area contributed by atoms with Crippen LogP contribution in [-0.4, -0.2) is 30.4 Å². The fourth-order valence-corrected chi connectivity index (χ4v) is 1.25. The molecule has 0 saturated carbocycles. The lowest BCUT2D eigenvalue weighted by Gasteiger charge is -2.05. The van der Waals surface area contributed by atoms with Crippen LogP contribution in [0.4, 0.5) is 0 Å². The van der Waals surface area contributed by atoms with Crippen molar-refractivity contribution < 1.29 is 9.26 Å². The molecule has 0 amide bonds. The minimum atomic E-state index is 0.395. The van der Waals surface area contributed by atoms with E-state index in [9.17, 15) is 0 Å². The van der Waals surface area contributed by atoms with E-state index < -0.39 is 0 Å². The molecule has 5 nitrogen and oxygen atoms in total. The third kappa shape index (κ3) is 3.43. The summed E-state index contributed by atoms with van der Waals surface area (Å²) in [4.78, 5) is 4.21. The van der Waals surface area contributed by atoms with Crippen molar-refractivity contribution in [3.63, 3.8) is 0 Å². The maximum Gasteiger partial charge on any atom is 0.226 e. The minimum absolute atomic E-state index is 0.395. The zero-order valence-corrected chi connectivity index (χ0v) is 8.69. The highest BCUT2D eigenvalue weighted by Gasteiger charge is 2.10. The van der Waals surface area contributed by atoms with Crippen molar-refractivity contribution in [2.45, 2.75) is 19.8 Å². The van der Waals surface area contributed by atoms with Gasteiger partial charge in [0, 0.05) is 26.6 Å². The van der Waals surface area contributed by atoms with E-state index in [4.69, 9.17) is 15.0 Å². The van der Waals surface area contributed by atoms with Crippen LogP contribution in [0.1, 0.15) is 18.6 Å². The molecule has 1 rings (SSSR count). The number of nitrogens with zero attached hydrogens (tertiary/aromatic N) is 2. The molecular formula is C9H17N3O2. The van der Waals surface area contributed by atoms with Crippen molar-refractivity contribution in [3.8, 4) is 0 Å². The summed E-state index contributed by atoms with van der Waals surface area (Å²) in [6, 6.07) is 0. The Morgan fingerprint density at radius 3 is 3.00 bits per heavy atom. The summed E-state index contributed by atoms with van der Waals surface area (Å²) in [7, 11) is 1.68. The summed E-state index contributed by atoms with van der Waals surface area (Å²) >= 11 is 0. The Bertz CT molecular complexity index is 262. The van der Waals surface area contributed by atoms with Crippen molar-refractivity contribution in [1.29, 1.82) is 0 Å². The fourth-order valence-electron chi connectivity index (χ4n) is 1.25. The van der Waals surface area contributed by atoms with E-state index >= 15 is 0 Å². The van der Waals surface area contributed by atoms with Crippen LogP contribution in [0.2, 0.25) is 0 Å². The van der Waals surface area contributed by atoms with Gasteiger partial charge in [0.25, 0.3) is 0 Å². The molecule has 0 aliphatic heterocycles. The predicted molar refractivity (Wildman–Crippen MR) is 51.8 cm³/mol. The Morgan fingerprint density at radius 2 is 2.36 bits per heavy atom. The Balaban J connectivity index is 2.42. The van der Waals surface area contributed by atoms with Gasteiger partial charge in [-0.2, -0.15) is 4.98 Å². The van der Waals surface area contributed by atoms with Gasteiger partial charge in [0.1, 0.15) is 0 Å². The van der Waals surface area contributed by atoms with Gasteiger partial charge in [0.2, 0.25) is 5.89 Å². The van der Waals surface area contributed by atoms with Crippen LogP contribution >= 0.6 is 0 Å². The number of hydrogen-bond acceptors (Lipinski definition) is 5. The molecule has 2 N–H and O–H groups in total. The van der Waals surface area contributed by atoms with Gasteiger partial charge >= 0.3 is 0 Å². The van der Waals surface area contributed by atoms with Gasteiger partial charge in [-0.25, -0.2) is 0 Å². The number of nitrogens with two attached hydrogens (primary N) is 1. The second-order valence-electron chi connectivity index (χ2n) is 3.41. The molecule has 0 aromatic carbocycles. The molecule has 0 bridgehead atoms. The quantitative estimate of drug-likeness (QED) is 0.717. The van der Waals surface area contributed by atoms with E-state index in [0.29, 0.717) is 37.2 Å². The van der Waals surface area contributed by atoms with Gasteiger partial charge in [0.15, 0.2) is 5.82 Å². The molecule has 1 heterocycles. The molecule has 1 aromatic heterocycles. The Morgan fingerprint density at radius 1 is 1.57 bits per heavy atom. The minimum Gasteiger partial charge on any atom is -0.384 e. The van der Waals surface area contributed by atoms with E-state index in [1.54, 1.807) is 7.11 Å². The average Bonchev–Trinajstić information content (AvgIpc) is 2.53. The molecule has 1 aromatic rings. The van der Waals surface area contributed by atoms with Gasteiger partial charge in [-0.3, -0.25) is 0 Å². The van der Waals surface area contributed by atoms with Gasteiger partial charge in [0.05, 0.1) is 0 Å². The Hall–Kier alpha value is -0.940. The number of hydrogen-bond donors (Lipinski definition) is 1. The molecule has 1 atom stereocenters. The molecule has 1 unspecified atom stereocenters. The van der Waals surface area contributed by atoms with E-state index in [-0.39, 0.29) is 0 Å². The first-order valence-corrected chi connectivity index (χ1v) is 4.76. The predicted octanol–water partition coefficient (Wildman–Crippen LogP) is 0.396. The summed E-state index contributed by atoms with van der Waals surface area (Å²) in [6.45, 7) is 3.33. The van der Waals surface area contributed by atoms with Crippen LogP contribution in [0.25, 0.3) is 0 Å². The summed E-state index contributed by atoms with van der Waals surface area (Å²) in [5.74, 6) is 1.75. The lowest BCUT2D eigenvalue weighted by Crippen LogP contribution is -2.07. The molecule has 5 heteroatoms. The second kappa shape index (κ2) is 5.72. The van der Waals surface area contributed by atoms with Crippen molar-refractivity contribution in [1.82, 2.24) is 10.1 Å². The van der Waals surface area contributed by atoms with Crippen LogP contribution in [0.15, 0.2) is 4.52 Å². The lowest BCUT2D eigenvalue weighted by atomic mass is 10.1. The maximum atomic E-state index is 5.38. The zero-order chi connectivity index (χ0) is 10.4.